The Morgan fingerprint density at radius 2 is 1.88 bits per heavy atom. The van der Waals surface area contributed by atoms with E-state index in [2.05, 4.69) is 0 Å². The molecule has 0 aromatic heterocycles. The summed E-state index contributed by atoms with van der Waals surface area (Å²) in [6, 6.07) is -1.74. The van der Waals surface area contributed by atoms with Crippen LogP contribution in [0.25, 0.3) is 0 Å². The summed E-state index contributed by atoms with van der Waals surface area (Å²) >= 11 is 0. The molecule has 1 atom stereocenters. The lowest BCUT2D eigenvalue weighted by Crippen LogP contribution is -2.44. The summed E-state index contributed by atoms with van der Waals surface area (Å²) in [7, 11) is -4.15. The number of carboxylic acids is 1. The minimum atomic E-state index is -4.46. The van der Waals surface area contributed by atoms with Crippen molar-refractivity contribution >= 4 is 16.0 Å². The van der Waals surface area contributed by atoms with Gasteiger partial charge in [-0.25, -0.2) is 8.42 Å². The number of aliphatic hydroxyl groups is 1. The molecule has 0 saturated carbocycles. The number of halogens is 3. The molecule has 0 aliphatic heterocycles. The Hall–Kier alpha value is -0.870. The van der Waals surface area contributed by atoms with Crippen molar-refractivity contribution in [1.82, 2.24) is 4.72 Å². The third kappa shape index (κ3) is 7.94. The van der Waals surface area contributed by atoms with Crippen LogP contribution in [0.15, 0.2) is 0 Å². The van der Waals surface area contributed by atoms with Crippen molar-refractivity contribution in [2.24, 2.45) is 0 Å². The third-order valence-electron chi connectivity index (χ3n) is 1.68. The maximum atomic E-state index is 11.7. The number of hydrogen-bond donors (Lipinski definition) is 3. The molecule has 0 spiro atoms. The fraction of sp³-hybridized carbons (Fsp3) is 0.857. The number of sulfonamides is 1. The number of carboxylic acid groups (broad SMARTS) is 1. The van der Waals surface area contributed by atoms with E-state index < -0.39 is 53.4 Å². The normalized spacial score (nSPS) is 14.6. The van der Waals surface area contributed by atoms with E-state index in [1.54, 1.807) is 4.72 Å². The van der Waals surface area contributed by atoms with Crippen LogP contribution in [0.1, 0.15) is 12.8 Å². The Balaban J connectivity index is 4.26. The standard InChI is InChI=1S/C7H12F3NO5S/c8-7(9,10)2-1-3-17(15,16)11-5(4-12)6(13)14/h5,11-12H,1-4H2,(H,13,14)/t5-/m0/s1. The highest BCUT2D eigenvalue weighted by atomic mass is 32.2. The third-order valence-corrected chi connectivity index (χ3v) is 3.15. The van der Waals surface area contributed by atoms with Crippen LogP contribution in [0, 0.1) is 0 Å². The van der Waals surface area contributed by atoms with Gasteiger partial charge in [-0.2, -0.15) is 17.9 Å². The van der Waals surface area contributed by atoms with Crippen LogP contribution < -0.4 is 4.72 Å². The van der Waals surface area contributed by atoms with Crippen molar-refractivity contribution < 1.29 is 36.6 Å². The van der Waals surface area contributed by atoms with Gasteiger partial charge in [0, 0.05) is 6.42 Å². The quantitative estimate of drug-likeness (QED) is 0.593. The van der Waals surface area contributed by atoms with E-state index in [0.717, 1.165) is 0 Å². The number of hydrogen-bond acceptors (Lipinski definition) is 4. The van der Waals surface area contributed by atoms with Gasteiger partial charge in [-0.05, 0) is 6.42 Å². The maximum Gasteiger partial charge on any atom is 0.389 e. The Morgan fingerprint density at radius 3 is 2.24 bits per heavy atom. The molecule has 0 rings (SSSR count). The van der Waals surface area contributed by atoms with E-state index in [1.807, 2.05) is 0 Å². The van der Waals surface area contributed by atoms with E-state index >= 15 is 0 Å². The van der Waals surface area contributed by atoms with Crippen molar-refractivity contribution in [3.05, 3.63) is 0 Å². The maximum absolute atomic E-state index is 11.7. The van der Waals surface area contributed by atoms with Gasteiger partial charge in [0.2, 0.25) is 10.0 Å². The first-order valence-electron chi connectivity index (χ1n) is 4.48. The van der Waals surface area contributed by atoms with Gasteiger partial charge in [-0.15, -0.1) is 0 Å². The van der Waals surface area contributed by atoms with Gasteiger partial charge >= 0.3 is 12.1 Å². The summed E-state index contributed by atoms with van der Waals surface area (Å²) in [5, 5.41) is 17.0. The molecule has 0 aliphatic rings. The topological polar surface area (TPSA) is 104 Å². The van der Waals surface area contributed by atoms with Crippen molar-refractivity contribution in [2.75, 3.05) is 12.4 Å². The predicted octanol–water partition coefficient (Wildman–Crippen LogP) is -0.306. The Morgan fingerprint density at radius 1 is 1.35 bits per heavy atom. The highest BCUT2D eigenvalue weighted by molar-refractivity contribution is 7.89. The number of carbonyl (C=O) groups is 1. The molecule has 102 valence electrons. The van der Waals surface area contributed by atoms with Crippen molar-refractivity contribution in [2.45, 2.75) is 25.1 Å². The fourth-order valence-corrected chi connectivity index (χ4v) is 2.16. The molecule has 10 heteroatoms. The highest BCUT2D eigenvalue weighted by Crippen LogP contribution is 2.21. The molecule has 0 saturated heterocycles. The van der Waals surface area contributed by atoms with Gasteiger partial charge in [0.15, 0.2) is 0 Å². The molecule has 3 N–H and O–H groups in total. The first-order valence-corrected chi connectivity index (χ1v) is 6.13. The zero-order valence-corrected chi connectivity index (χ0v) is 9.38. The number of aliphatic hydroxyl groups excluding tert-OH is 1. The van der Waals surface area contributed by atoms with E-state index in [-0.39, 0.29) is 0 Å². The molecule has 0 radical (unpaired) electrons. The Bertz CT molecular complexity index is 353. The van der Waals surface area contributed by atoms with Crippen molar-refractivity contribution in [3.8, 4) is 0 Å². The molecule has 0 heterocycles. The molecular weight excluding hydrogens is 267 g/mol. The van der Waals surface area contributed by atoms with Crippen molar-refractivity contribution in [3.63, 3.8) is 0 Å². The smallest absolute Gasteiger partial charge is 0.389 e. The van der Waals surface area contributed by atoms with Crippen LogP contribution in [0.4, 0.5) is 13.2 Å². The van der Waals surface area contributed by atoms with Crippen molar-refractivity contribution in [1.29, 1.82) is 0 Å². The first kappa shape index (κ1) is 16.1. The molecule has 0 aromatic rings. The first-order chi connectivity index (χ1) is 7.57. The van der Waals surface area contributed by atoms with Crippen LogP contribution >= 0.6 is 0 Å². The molecule has 0 aromatic carbocycles. The van der Waals surface area contributed by atoms with Gasteiger partial charge in [-0.1, -0.05) is 0 Å². The summed E-state index contributed by atoms with van der Waals surface area (Å²) in [6.45, 7) is -0.978. The highest BCUT2D eigenvalue weighted by Gasteiger charge is 2.28. The van der Waals surface area contributed by atoms with E-state index in [4.69, 9.17) is 10.2 Å². The van der Waals surface area contributed by atoms with Crippen LogP contribution in [-0.4, -0.2) is 49.2 Å². The lowest BCUT2D eigenvalue weighted by Gasteiger charge is -2.12. The lowest BCUT2D eigenvalue weighted by atomic mass is 10.3. The second-order valence-corrected chi connectivity index (χ2v) is 5.10. The zero-order chi connectivity index (χ0) is 13.7. The van der Waals surface area contributed by atoms with Gasteiger partial charge in [0.1, 0.15) is 6.04 Å². The number of nitrogens with one attached hydrogen (secondary N) is 1. The van der Waals surface area contributed by atoms with E-state index in [0.29, 0.717) is 0 Å². The molecule has 17 heavy (non-hydrogen) atoms. The summed E-state index contributed by atoms with van der Waals surface area (Å²) in [4.78, 5) is 10.4. The van der Waals surface area contributed by atoms with Gasteiger partial charge in [0.05, 0.1) is 12.4 Å². The molecule has 0 aliphatic carbocycles. The van der Waals surface area contributed by atoms with Gasteiger partial charge < -0.3 is 10.2 Å². The largest absolute Gasteiger partial charge is 0.480 e. The predicted molar refractivity (Wildman–Crippen MR) is 50.7 cm³/mol. The molecule has 0 fully saturated rings. The van der Waals surface area contributed by atoms with Crippen LogP contribution in [-0.2, 0) is 14.8 Å². The fourth-order valence-electron chi connectivity index (χ4n) is 0.904. The number of alkyl halides is 3. The van der Waals surface area contributed by atoms with Crippen LogP contribution in [0.2, 0.25) is 0 Å². The second kappa shape index (κ2) is 6.17. The summed E-state index contributed by atoms with van der Waals surface area (Å²) in [5.74, 6) is -2.46. The minimum Gasteiger partial charge on any atom is -0.480 e. The van der Waals surface area contributed by atoms with Crippen LogP contribution in [0.5, 0.6) is 0 Å². The summed E-state index contributed by atoms with van der Waals surface area (Å²) < 4.78 is 59.1. The Kier molecular flexibility index (Phi) is 5.85. The number of rotatable bonds is 7. The van der Waals surface area contributed by atoms with Crippen LogP contribution in [0.3, 0.4) is 0 Å². The second-order valence-electron chi connectivity index (χ2n) is 3.23. The monoisotopic (exact) mass is 279 g/mol. The summed E-state index contributed by atoms with van der Waals surface area (Å²) in [5.41, 5.74) is 0. The molecule has 0 amide bonds. The molecule has 0 unspecified atom stereocenters. The number of aliphatic carboxylic acids is 1. The van der Waals surface area contributed by atoms with Gasteiger partial charge in [0.25, 0.3) is 0 Å². The minimum absolute atomic E-state index is 0.670. The average Bonchev–Trinajstić information content (AvgIpc) is 2.11. The van der Waals surface area contributed by atoms with Gasteiger partial charge in [-0.3, -0.25) is 4.79 Å². The van der Waals surface area contributed by atoms with E-state index in [9.17, 15) is 26.4 Å². The molecule has 6 nitrogen and oxygen atoms in total. The zero-order valence-electron chi connectivity index (χ0n) is 8.57. The van der Waals surface area contributed by atoms with E-state index in [1.165, 1.54) is 0 Å². The molecular formula is C7H12F3NO5S. The Labute approximate surface area is 95.5 Å². The average molecular weight is 279 g/mol. The lowest BCUT2D eigenvalue weighted by molar-refractivity contribution is -0.140. The molecule has 0 bridgehead atoms. The SMILES string of the molecule is O=C(O)[C@H](CO)NS(=O)(=O)CCCC(F)(F)F. The summed E-state index contributed by atoms with van der Waals surface area (Å²) in [6.07, 6.45) is -6.40.